The summed E-state index contributed by atoms with van der Waals surface area (Å²) in [5.41, 5.74) is 1.19. The Hall–Kier alpha value is -1.07. The van der Waals surface area contributed by atoms with Crippen LogP contribution in [0.1, 0.15) is 5.56 Å². The molecule has 1 N–H and O–H groups in total. The van der Waals surface area contributed by atoms with Gasteiger partial charge in [0.25, 0.3) is 0 Å². The summed E-state index contributed by atoms with van der Waals surface area (Å²) in [7, 11) is 0. The number of nitrogens with zero attached hydrogens (tertiary/aromatic N) is 1. The Morgan fingerprint density at radius 2 is 1.85 bits per heavy atom. The number of hydrogen-bond acceptors (Lipinski definition) is 4. The number of benzene rings is 1. The van der Waals surface area contributed by atoms with Crippen molar-refractivity contribution >= 4 is 35.8 Å². The first-order chi connectivity index (χ1) is 8.83. The Labute approximate surface area is 130 Å². The van der Waals surface area contributed by atoms with E-state index < -0.39 is 0 Å². The van der Waals surface area contributed by atoms with Crippen molar-refractivity contribution in [2.24, 2.45) is 0 Å². The van der Waals surface area contributed by atoms with Gasteiger partial charge in [-0.25, -0.2) is 4.79 Å². The van der Waals surface area contributed by atoms with Crippen LogP contribution in [0.5, 0.6) is 0 Å². The van der Waals surface area contributed by atoms with Crippen molar-refractivity contribution in [3.63, 3.8) is 0 Å². The number of piperazine rings is 1. The first kappa shape index (κ1) is 17.0. The molecular formula is C14H18Cl2N2O2. The normalized spacial score (nSPS) is 15.4. The summed E-state index contributed by atoms with van der Waals surface area (Å²) in [4.78, 5) is 14.2. The number of nitrogens with one attached hydrogen (secondary N) is 1. The topological polar surface area (TPSA) is 45.5 Å². The van der Waals surface area contributed by atoms with Crippen LogP contribution in [0.25, 0.3) is 11.0 Å². The average Bonchev–Trinajstić information content (AvgIpc) is 2.41. The summed E-state index contributed by atoms with van der Waals surface area (Å²) in [6.45, 7) is 4.60. The van der Waals surface area contributed by atoms with Crippen molar-refractivity contribution in [1.82, 2.24) is 10.2 Å². The molecule has 1 aromatic heterocycles. The Kier molecular flexibility index (Phi) is 6.49. The predicted molar refractivity (Wildman–Crippen MR) is 85.1 cm³/mol. The van der Waals surface area contributed by atoms with Crippen molar-refractivity contribution in [2.75, 3.05) is 26.2 Å². The number of halogens is 2. The molecule has 6 heteroatoms. The first-order valence-corrected chi connectivity index (χ1v) is 6.28. The lowest BCUT2D eigenvalue weighted by Crippen LogP contribution is -2.43. The standard InChI is InChI=1S/C14H16N2O2.2ClH/c17-14-12(10-16-7-5-15-6-8-16)9-11-3-1-2-4-13(11)18-14;;/h1-4,9,15H,5-8,10H2;2*1H. The highest BCUT2D eigenvalue weighted by Gasteiger charge is 2.13. The van der Waals surface area contributed by atoms with Gasteiger partial charge in [-0.3, -0.25) is 4.90 Å². The molecule has 3 rings (SSSR count). The molecule has 1 aliphatic rings. The molecule has 1 fully saturated rings. The van der Waals surface area contributed by atoms with Crippen molar-refractivity contribution in [3.8, 4) is 0 Å². The second-order valence-corrected chi connectivity index (χ2v) is 4.62. The fourth-order valence-corrected chi connectivity index (χ4v) is 2.33. The van der Waals surface area contributed by atoms with Gasteiger partial charge in [0.2, 0.25) is 0 Å². The maximum Gasteiger partial charge on any atom is 0.340 e. The van der Waals surface area contributed by atoms with Crippen LogP contribution in [0, 0.1) is 0 Å². The molecule has 1 aromatic carbocycles. The van der Waals surface area contributed by atoms with Crippen LogP contribution in [-0.4, -0.2) is 31.1 Å². The Bertz CT molecular complexity index is 609. The largest absolute Gasteiger partial charge is 0.422 e. The number of hydrogen-bond donors (Lipinski definition) is 1. The third-order valence-corrected chi connectivity index (χ3v) is 3.32. The lowest BCUT2D eigenvalue weighted by atomic mass is 10.1. The van der Waals surface area contributed by atoms with Crippen molar-refractivity contribution in [2.45, 2.75) is 6.54 Å². The van der Waals surface area contributed by atoms with E-state index in [4.69, 9.17) is 4.42 Å². The predicted octanol–water partition coefficient (Wildman–Crippen LogP) is 2.04. The highest BCUT2D eigenvalue weighted by Crippen LogP contribution is 2.13. The van der Waals surface area contributed by atoms with Gasteiger partial charge in [-0.1, -0.05) is 18.2 Å². The molecule has 0 aliphatic carbocycles. The summed E-state index contributed by atoms with van der Waals surface area (Å²) in [5, 5.41) is 4.29. The Balaban J connectivity index is 0.000001000. The van der Waals surface area contributed by atoms with Gasteiger partial charge in [-0.15, -0.1) is 24.8 Å². The van der Waals surface area contributed by atoms with Crippen molar-refractivity contribution < 1.29 is 4.42 Å². The van der Waals surface area contributed by atoms with E-state index in [-0.39, 0.29) is 30.4 Å². The fraction of sp³-hybridized carbons (Fsp3) is 0.357. The number of rotatable bonds is 2. The van der Waals surface area contributed by atoms with E-state index in [0.29, 0.717) is 12.1 Å². The molecule has 1 saturated heterocycles. The zero-order valence-electron chi connectivity index (χ0n) is 11.0. The molecule has 2 heterocycles. The van der Waals surface area contributed by atoms with Crippen LogP contribution >= 0.6 is 24.8 Å². The van der Waals surface area contributed by atoms with Gasteiger partial charge in [0, 0.05) is 38.1 Å². The minimum atomic E-state index is -0.216. The molecule has 0 atom stereocenters. The zero-order chi connectivity index (χ0) is 12.4. The van der Waals surface area contributed by atoms with E-state index in [1.54, 1.807) is 0 Å². The molecule has 0 unspecified atom stereocenters. The Morgan fingerprint density at radius 3 is 2.60 bits per heavy atom. The summed E-state index contributed by atoms with van der Waals surface area (Å²) in [5.74, 6) is 0. The minimum absolute atomic E-state index is 0. The van der Waals surface area contributed by atoms with Crippen molar-refractivity contribution in [3.05, 3.63) is 46.3 Å². The van der Waals surface area contributed by atoms with Gasteiger partial charge in [-0.05, 0) is 12.1 Å². The fourth-order valence-electron chi connectivity index (χ4n) is 2.33. The molecule has 0 spiro atoms. The van der Waals surface area contributed by atoms with Gasteiger partial charge >= 0.3 is 5.63 Å². The first-order valence-electron chi connectivity index (χ1n) is 6.28. The third kappa shape index (κ3) is 3.73. The van der Waals surface area contributed by atoms with Crippen LogP contribution < -0.4 is 10.9 Å². The second kappa shape index (κ2) is 7.64. The molecule has 1 aliphatic heterocycles. The van der Waals surface area contributed by atoms with Gasteiger partial charge in [0.05, 0.1) is 5.56 Å². The highest BCUT2D eigenvalue weighted by molar-refractivity contribution is 5.85. The summed E-state index contributed by atoms with van der Waals surface area (Å²) >= 11 is 0. The second-order valence-electron chi connectivity index (χ2n) is 4.62. The third-order valence-electron chi connectivity index (χ3n) is 3.32. The van der Waals surface area contributed by atoms with Crippen LogP contribution in [0.2, 0.25) is 0 Å². The molecule has 0 bridgehead atoms. The molecule has 0 amide bonds. The quantitative estimate of drug-likeness (QED) is 0.861. The average molecular weight is 317 g/mol. The lowest BCUT2D eigenvalue weighted by molar-refractivity contribution is 0.230. The molecule has 4 nitrogen and oxygen atoms in total. The SMILES string of the molecule is Cl.Cl.O=c1oc2ccccc2cc1CN1CCNCC1. The van der Waals surface area contributed by atoms with Crippen LogP contribution in [0.3, 0.4) is 0 Å². The molecule has 2 aromatic rings. The highest BCUT2D eigenvalue weighted by atomic mass is 35.5. The number of para-hydroxylation sites is 1. The molecular weight excluding hydrogens is 299 g/mol. The van der Waals surface area contributed by atoms with Crippen LogP contribution in [0.4, 0.5) is 0 Å². The van der Waals surface area contributed by atoms with Crippen molar-refractivity contribution in [1.29, 1.82) is 0 Å². The van der Waals surface area contributed by atoms with E-state index in [2.05, 4.69) is 10.2 Å². The van der Waals surface area contributed by atoms with Gasteiger partial charge in [-0.2, -0.15) is 0 Å². The minimum Gasteiger partial charge on any atom is -0.422 e. The monoisotopic (exact) mass is 316 g/mol. The maximum absolute atomic E-state index is 11.9. The van der Waals surface area contributed by atoms with Crippen LogP contribution in [-0.2, 0) is 6.54 Å². The van der Waals surface area contributed by atoms with E-state index >= 15 is 0 Å². The summed E-state index contributed by atoms with van der Waals surface area (Å²) in [6.07, 6.45) is 0. The molecule has 20 heavy (non-hydrogen) atoms. The van der Waals surface area contributed by atoms with Crippen LogP contribution in [0.15, 0.2) is 39.5 Å². The summed E-state index contributed by atoms with van der Waals surface area (Å²) in [6, 6.07) is 9.58. The van der Waals surface area contributed by atoms with E-state index in [1.165, 1.54) is 0 Å². The van der Waals surface area contributed by atoms with E-state index in [9.17, 15) is 4.79 Å². The van der Waals surface area contributed by atoms with Gasteiger partial charge in [0.15, 0.2) is 0 Å². The van der Waals surface area contributed by atoms with Gasteiger partial charge < -0.3 is 9.73 Å². The molecule has 0 radical (unpaired) electrons. The van der Waals surface area contributed by atoms with E-state index in [0.717, 1.165) is 37.1 Å². The Morgan fingerprint density at radius 1 is 1.15 bits per heavy atom. The zero-order valence-corrected chi connectivity index (χ0v) is 12.6. The lowest BCUT2D eigenvalue weighted by Gasteiger charge is -2.26. The maximum atomic E-state index is 11.9. The van der Waals surface area contributed by atoms with E-state index in [1.807, 2.05) is 30.3 Å². The summed E-state index contributed by atoms with van der Waals surface area (Å²) < 4.78 is 5.34. The number of fused-ring (bicyclic) bond motifs is 1. The molecule has 110 valence electrons. The smallest absolute Gasteiger partial charge is 0.340 e. The van der Waals surface area contributed by atoms with Gasteiger partial charge in [0.1, 0.15) is 5.58 Å². The molecule has 0 saturated carbocycles.